The fourth-order valence-electron chi connectivity index (χ4n) is 1.91. The van der Waals surface area contributed by atoms with E-state index < -0.39 is 5.82 Å². The van der Waals surface area contributed by atoms with Crippen LogP contribution in [0.15, 0.2) is 33.7 Å². The quantitative estimate of drug-likeness (QED) is 0.929. The number of nitrogens with zero attached hydrogens (tertiary/aromatic N) is 1. The van der Waals surface area contributed by atoms with E-state index in [1.807, 2.05) is 6.92 Å². The van der Waals surface area contributed by atoms with Gasteiger partial charge in [-0.25, -0.2) is 4.39 Å². The number of aromatic nitrogens is 1. The summed E-state index contributed by atoms with van der Waals surface area (Å²) < 4.78 is 15.2. The van der Waals surface area contributed by atoms with Gasteiger partial charge in [0, 0.05) is 22.6 Å². The summed E-state index contributed by atoms with van der Waals surface area (Å²) in [6.45, 7) is 2.43. The van der Waals surface area contributed by atoms with Crippen molar-refractivity contribution in [3.8, 4) is 0 Å². The van der Waals surface area contributed by atoms with Crippen LogP contribution >= 0.6 is 15.9 Å². The maximum absolute atomic E-state index is 13.3. The summed E-state index contributed by atoms with van der Waals surface area (Å²) in [6.07, 6.45) is 2.38. The highest BCUT2D eigenvalue weighted by Gasteiger charge is 2.10. The van der Waals surface area contributed by atoms with Crippen LogP contribution in [-0.2, 0) is 11.3 Å². The van der Waals surface area contributed by atoms with Crippen LogP contribution in [0.3, 0.4) is 0 Å². The van der Waals surface area contributed by atoms with Gasteiger partial charge in [-0.3, -0.25) is 9.59 Å². The molecule has 106 valence electrons. The largest absolute Gasteiger partial charge is 0.355 e. The highest BCUT2D eigenvalue weighted by Crippen LogP contribution is 2.21. The molecule has 0 unspecified atom stereocenters. The fourth-order valence-corrected chi connectivity index (χ4v) is 2.51. The van der Waals surface area contributed by atoms with Crippen molar-refractivity contribution >= 4 is 32.6 Å². The van der Waals surface area contributed by atoms with E-state index in [-0.39, 0.29) is 23.4 Å². The molecule has 6 heteroatoms. The Hall–Kier alpha value is -1.69. The first kappa shape index (κ1) is 14.7. The third-order valence-electron chi connectivity index (χ3n) is 2.89. The van der Waals surface area contributed by atoms with Gasteiger partial charge in [-0.15, -0.1) is 0 Å². The minimum Gasteiger partial charge on any atom is -0.355 e. The van der Waals surface area contributed by atoms with E-state index in [0.29, 0.717) is 16.4 Å². The van der Waals surface area contributed by atoms with Gasteiger partial charge in [0.15, 0.2) is 0 Å². The Balaban J connectivity index is 2.42. The SMILES string of the molecule is CCCNC(=O)Cn1cc(Br)c2ccc(F)cc2c1=O. The normalized spacial score (nSPS) is 10.8. The van der Waals surface area contributed by atoms with Crippen molar-refractivity contribution in [3.05, 3.63) is 45.0 Å². The summed E-state index contributed by atoms with van der Waals surface area (Å²) in [4.78, 5) is 23.9. The predicted octanol–water partition coefficient (Wildman–Crippen LogP) is 2.43. The molecule has 20 heavy (non-hydrogen) atoms. The Kier molecular flexibility index (Phi) is 4.54. The Morgan fingerprint density at radius 2 is 2.15 bits per heavy atom. The molecule has 0 atom stereocenters. The molecule has 4 nitrogen and oxygen atoms in total. The zero-order valence-electron chi connectivity index (χ0n) is 11.0. The summed E-state index contributed by atoms with van der Waals surface area (Å²) in [5, 5.41) is 3.58. The van der Waals surface area contributed by atoms with Crippen LogP contribution in [0.25, 0.3) is 10.8 Å². The van der Waals surface area contributed by atoms with Crippen LogP contribution in [0.5, 0.6) is 0 Å². The van der Waals surface area contributed by atoms with Gasteiger partial charge >= 0.3 is 0 Å². The second kappa shape index (κ2) is 6.17. The molecule has 1 heterocycles. The summed E-state index contributed by atoms with van der Waals surface area (Å²) >= 11 is 3.34. The summed E-state index contributed by atoms with van der Waals surface area (Å²) in [5.74, 6) is -0.716. The van der Waals surface area contributed by atoms with Crippen LogP contribution < -0.4 is 10.9 Å². The zero-order chi connectivity index (χ0) is 14.7. The lowest BCUT2D eigenvalue weighted by Crippen LogP contribution is -2.32. The van der Waals surface area contributed by atoms with E-state index in [9.17, 15) is 14.0 Å². The summed E-state index contributed by atoms with van der Waals surface area (Å²) in [5.41, 5.74) is -0.380. The molecule has 0 radical (unpaired) electrons. The highest BCUT2D eigenvalue weighted by atomic mass is 79.9. The summed E-state index contributed by atoms with van der Waals surface area (Å²) in [7, 11) is 0. The van der Waals surface area contributed by atoms with E-state index >= 15 is 0 Å². The van der Waals surface area contributed by atoms with Gasteiger partial charge < -0.3 is 9.88 Å². The molecular formula is C14H14BrFN2O2. The molecule has 2 rings (SSSR count). The third-order valence-corrected chi connectivity index (χ3v) is 3.52. The number of hydrogen-bond acceptors (Lipinski definition) is 2. The number of halogens is 2. The predicted molar refractivity (Wildman–Crippen MR) is 79.2 cm³/mol. The number of nitrogens with one attached hydrogen (secondary N) is 1. The average molecular weight is 341 g/mol. The van der Waals surface area contributed by atoms with E-state index in [0.717, 1.165) is 6.42 Å². The van der Waals surface area contributed by atoms with E-state index in [1.165, 1.54) is 22.8 Å². The van der Waals surface area contributed by atoms with Crippen molar-refractivity contribution in [1.29, 1.82) is 0 Å². The lowest BCUT2D eigenvalue weighted by Gasteiger charge is -2.09. The molecule has 0 saturated heterocycles. The second-order valence-corrected chi connectivity index (χ2v) is 5.30. The first-order chi connectivity index (χ1) is 9.52. The first-order valence-corrected chi connectivity index (χ1v) is 7.07. The van der Waals surface area contributed by atoms with Crippen molar-refractivity contribution in [2.45, 2.75) is 19.9 Å². The number of fused-ring (bicyclic) bond motifs is 1. The van der Waals surface area contributed by atoms with Gasteiger partial charge in [-0.05, 0) is 34.5 Å². The standard InChI is InChI=1S/C14H14BrFN2O2/c1-2-5-17-13(19)8-18-7-12(15)10-4-3-9(16)6-11(10)14(18)20/h3-4,6-7H,2,5,8H2,1H3,(H,17,19). The number of amides is 1. The van der Waals surface area contributed by atoms with Crippen molar-refractivity contribution in [1.82, 2.24) is 9.88 Å². The lowest BCUT2D eigenvalue weighted by atomic mass is 10.1. The molecule has 0 aliphatic carbocycles. The Morgan fingerprint density at radius 1 is 1.40 bits per heavy atom. The third kappa shape index (κ3) is 3.07. The second-order valence-electron chi connectivity index (χ2n) is 4.45. The zero-order valence-corrected chi connectivity index (χ0v) is 12.5. The van der Waals surface area contributed by atoms with E-state index in [4.69, 9.17) is 0 Å². The molecule has 0 bridgehead atoms. The van der Waals surface area contributed by atoms with Crippen LogP contribution in [-0.4, -0.2) is 17.0 Å². The van der Waals surface area contributed by atoms with Crippen molar-refractivity contribution < 1.29 is 9.18 Å². The molecule has 0 spiro atoms. The van der Waals surface area contributed by atoms with Crippen LogP contribution in [0.1, 0.15) is 13.3 Å². The smallest absolute Gasteiger partial charge is 0.259 e. The van der Waals surface area contributed by atoms with Gasteiger partial charge in [0.25, 0.3) is 5.56 Å². The minimum absolute atomic E-state index is 0.0795. The van der Waals surface area contributed by atoms with Gasteiger partial charge in [0.1, 0.15) is 12.4 Å². The summed E-state index contributed by atoms with van der Waals surface area (Å²) in [6, 6.07) is 4.02. The number of rotatable bonds is 4. The van der Waals surface area contributed by atoms with Crippen LogP contribution in [0.2, 0.25) is 0 Å². The Bertz CT molecular complexity index is 712. The van der Waals surface area contributed by atoms with Crippen molar-refractivity contribution in [3.63, 3.8) is 0 Å². The monoisotopic (exact) mass is 340 g/mol. The van der Waals surface area contributed by atoms with Crippen LogP contribution in [0, 0.1) is 5.82 Å². The van der Waals surface area contributed by atoms with Gasteiger partial charge in [0.2, 0.25) is 5.91 Å². The molecule has 1 N–H and O–H groups in total. The average Bonchev–Trinajstić information content (AvgIpc) is 2.42. The van der Waals surface area contributed by atoms with Gasteiger partial charge in [-0.2, -0.15) is 0 Å². The Morgan fingerprint density at radius 3 is 2.85 bits per heavy atom. The maximum atomic E-state index is 13.3. The molecule has 0 saturated carbocycles. The highest BCUT2D eigenvalue weighted by molar-refractivity contribution is 9.10. The number of pyridine rings is 1. The van der Waals surface area contributed by atoms with Crippen LogP contribution in [0.4, 0.5) is 4.39 Å². The van der Waals surface area contributed by atoms with E-state index in [1.54, 1.807) is 6.20 Å². The molecule has 0 aliphatic heterocycles. The number of hydrogen-bond donors (Lipinski definition) is 1. The van der Waals surface area contributed by atoms with Gasteiger partial charge in [0.05, 0.1) is 5.39 Å². The topological polar surface area (TPSA) is 51.1 Å². The van der Waals surface area contributed by atoms with Crippen molar-refractivity contribution in [2.24, 2.45) is 0 Å². The first-order valence-electron chi connectivity index (χ1n) is 6.28. The molecule has 1 amide bonds. The minimum atomic E-state index is -0.477. The molecule has 0 aliphatic rings. The molecule has 1 aromatic heterocycles. The number of carbonyl (C=O) groups is 1. The molecule has 1 aromatic carbocycles. The molecule has 0 fully saturated rings. The fraction of sp³-hybridized carbons (Fsp3) is 0.286. The Labute approximate surface area is 123 Å². The van der Waals surface area contributed by atoms with E-state index in [2.05, 4.69) is 21.2 Å². The van der Waals surface area contributed by atoms with Crippen molar-refractivity contribution in [2.75, 3.05) is 6.54 Å². The molecule has 2 aromatic rings. The maximum Gasteiger partial charge on any atom is 0.259 e. The van der Waals surface area contributed by atoms with Gasteiger partial charge in [-0.1, -0.05) is 13.0 Å². The number of benzene rings is 1. The lowest BCUT2D eigenvalue weighted by molar-refractivity contribution is -0.121. The number of carbonyl (C=O) groups excluding carboxylic acids is 1. The molecular weight excluding hydrogens is 327 g/mol.